The van der Waals surface area contributed by atoms with Gasteiger partial charge in [-0.15, -0.1) is 0 Å². The average molecular weight is 554 g/mol. The first-order valence-corrected chi connectivity index (χ1v) is 14.6. The predicted molar refractivity (Wildman–Crippen MR) is 142 cm³/mol. The predicted octanol–water partition coefficient (Wildman–Crippen LogP) is 0.484. The van der Waals surface area contributed by atoms with E-state index in [2.05, 4.69) is 16.0 Å². The molecule has 38 heavy (non-hydrogen) atoms. The quantitative estimate of drug-likeness (QED) is 0.360. The zero-order valence-corrected chi connectivity index (χ0v) is 23.8. The second-order valence-corrected chi connectivity index (χ2v) is 13.6. The molecule has 0 spiro atoms. The molecule has 3 N–H and O–H groups in total. The first-order valence-electron chi connectivity index (χ1n) is 12.8. The van der Waals surface area contributed by atoms with Gasteiger partial charge in [-0.25, -0.2) is 12.8 Å². The van der Waals surface area contributed by atoms with Crippen molar-refractivity contribution in [1.29, 1.82) is 0 Å². The number of fused-ring (bicyclic) bond motifs is 1. The number of aldehydes is 1. The number of rotatable bonds is 10. The number of benzene rings is 1. The Hall–Kier alpha value is -2.41. The van der Waals surface area contributed by atoms with E-state index in [-0.39, 0.29) is 37.3 Å². The van der Waals surface area contributed by atoms with E-state index in [1.54, 1.807) is 31.0 Å². The van der Waals surface area contributed by atoms with E-state index < -0.39 is 45.0 Å². The second-order valence-electron chi connectivity index (χ2n) is 11.6. The van der Waals surface area contributed by atoms with Gasteiger partial charge in [0.1, 0.15) is 12.1 Å². The van der Waals surface area contributed by atoms with E-state index in [0.717, 1.165) is 12.5 Å². The molecule has 212 valence electrons. The van der Waals surface area contributed by atoms with Gasteiger partial charge in [-0.05, 0) is 43.5 Å². The van der Waals surface area contributed by atoms with Crippen LogP contribution >= 0.6 is 0 Å². The molecule has 12 heteroatoms. The highest BCUT2D eigenvalue weighted by atomic mass is 32.2. The molecule has 10 nitrogen and oxygen atoms in total. The van der Waals surface area contributed by atoms with E-state index in [4.69, 9.17) is 0 Å². The molecule has 1 aromatic rings. The van der Waals surface area contributed by atoms with E-state index in [1.807, 2.05) is 20.8 Å². The topological polar surface area (TPSA) is 128 Å². The summed E-state index contributed by atoms with van der Waals surface area (Å²) in [6.07, 6.45) is 2.33. The fourth-order valence-electron chi connectivity index (χ4n) is 5.27. The molecule has 5 unspecified atom stereocenters. The van der Waals surface area contributed by atoms with Crippen LogP contribution in [0, 0.1) is 17.2 Å². The van der Waals surface area contributed by atoms with Gasteiger partial charge in [-0.1, -0.05) is 32.9 Å². The van der Waals surface area contributed by atoms with Crippen molar-refractivity contribution in [2.75, 3.05) is 32.9 Å². The average Bonchev–Trinajstić information content (AvgIpc) is 3.43. The van der Waals surface area contributed by atoms with E-state index in [1.165, 1.54) is 16.4 Å². The van der Waals surface area contributed by atoms with Crippen LogP contribution in [0.2, 0.25) is 0 Å². The Morgan fingerprint density at radius 3 is 2.34 bits per heavy atom. The first-order chi connectivity index (χ1) is 17.6. The molecule has 0 radical (unpaired) electrons. The molecular formula is C26H40FN5O5S. The van der Waals surface area contributed by atoms with Gasteiger partial charge in [0.15, 0.2) is 0 Å². The third-order valence-corrected chi connectivity index (χ3v) is 8.89. The monoisotopic (exact) mass is 553 g/mol. The summed E-state index contributed by atoms with van der Waals surface area (Å²) in [5, 5.41) is 9.04. The minimum atomic E-state index is -3.62. The highest BCUT2D eigenvalue weighted by Crippen LogP contribution is 2.38. The van der Waals surface area contributed by atoms with Crippen molar-refractivity contribution in [1.82, 2.24) is 25.2 Å². The summed E-state index contributed by atoms with van der Waals surface area (Å²) in [6, 6.07) is 3.94. The Balaban J connectivity index is 1.86. The molecule has 0 bridgehead atoms. The fourth-order valence-corrected chi connectivity index (χ4v) is 6.42. The maximum Gasteiger partial charge on any atom is 0.240 e. The van der Waals surface area contributed by atoms with Crippen LogP contribution in [0.4, 0.5) is 4.39 Å². The summed E-state index contributed by atoms with van der Waals surface area (Å²) >= 11 is 0. The standard InChI is InChI=1S/C26H40FN5O5S/c1-25(2,3)22(30-15-26(4,16-33)28-5)24(35)31-12-11-20-21(31)19(14-32(20)38(6,36)37)23(34)29-13-17-7-9-18(27)10-8-17/h7-10,16,19-22,28,30H,11-15H2,1-6H3,(H,29,34). The molecule has 2 aliphatic rings. The molecule has 2 fully saturated rings. The normalized spacial score (nSPS) is 24.5. The number of likely N-dealkylation sites (tertiary alicyclic amines) is 1. The smallest absolute Gasteiger partial charge is 0.240 e. The van der Waals surface area contributed by atoms with Crippen molar-refractivity contribution in [2.45, 2.75) is 64.3 Å². The van der Waals surface area contributed by atoms with Crippen LogP contribution in [0.3, 0.4) is 0 Å². The van der Waals surface area contributed by atoms with Crippen molar-refractivity contribution in [2.24, 2.45) is 11.3 Å². The van der Waals surface area contributed by atoms with Gasteiger partial charge in [0.05, 0.1) is 29.8 Å². The van der Waals surface area contributed by atoms with Crippen molar-refractivity contribution in [3.63, 3.8) is 0 Å². The number of amides is 2. The number of nitrogens with zero attached hydrogens (tertiary/aromatic N) is 2. The number of likely N-dealkylation sites (N-methyl/N-ethyl adjacent to an activating group) is 1. The summed E-state index contributed by atoms with van der Waals surface area (Å²) in [4.78, 5) is 40.6. The molecule has 5 atom stereocenters. The molecule has 2 aliphatic heterocycles. The Bertz CT molecular complexity index is 1140. The minimum absolute atomic E-state index is 0.0240. The summed E-state index contributed by atoms with van der Waals surface area (Å²) < 4.78 is 39.8. The molecule has 0 aliphatic carbocycles. The van der Waals surface area contributed by atoms with Gasteiger partial charge in [-0.3, -0.25) is 9.59 Å². The van der Waals surface area contributed by atoms with Crippen LogP contribution < -0.4 is 16.0 Å². The number of carbonyl (C=O) groups is 3. The molecule has 0 saturated carbocycles. The summed E-state index contributed by atoms with van der Waals surface area (Å²) in [5.41, 5.74) is -0.698. The van der Waals surface area contributed by atoms with Crippen LogP contribution in [0.15, 0.2) is 24.3 Å². The molecule has 0 aromatic heterocycles. The van der Waals surface area contributed by atoms with Crippen LogP contribution in [-0.4, -0.2) is 92.3 Å². The lowest BCUT2D eigenvalue weighted by Gasteiger charge is -2.38. The van der Waals surface area contributed by atoms with Gasteiger partial charge in [0, 0.05) is 32.2 Å². The number of hydrogen-bond acceptors (Lipinski definition) is 7. The molecule has 2 amide bonds. The molecule has 2 heterocycles. The molecule has 3 rings (SSSR count). The molecule has 2 saturated heterocycles. The Morgan fingerprint density at radius 2 is 1.82 bits per heavy atom. The second kappa shape index (κ2) is 11.4. The molecular weight excluding hydrogens is 513 g/mol. The van der Waals surface area contributed by atoms with Gasteiger partial charge in [0.2, 0.25) is 21.8 Å². The Morgan fingerprint density at radius 1 is 1.18 bits per heavy atom. The minimum Gasteiger partial charge on any atom is -0.352 e. The zero-order valence-electron chi connectivity index (χ0n) is 23.0. The number of hydrogen-bond donors (Lipinski definition) is 3. The van der Waals surface area contributed by atoms with Crippen LogP contribution in [0.25, 0.3) is 0 Å². The Kier molecular flexibility index (Phi) is 9.02. The summed E-state index contributed by atoms with van der Waals surface area (Å²) in [7, 11) is -1.95. The van der Waals surface area contributed by atoms with Crippen molar-refractivity contribution in [3.8, 4) is 0 Å². The largest absolute Gasteiger partial charge is 0.352 e. The van der Waals surface area contributed by atoms with Crippen molar-refractivity contribution < 1.29 is 27.2 Å². The van der Waals surface area contributed by atoms with Gasteiger partial charge in [-0.2, -0.15) is 4.31 Å². The number of halogens is 1. The van der Waals surface area contributed by atoms with Gasteiger partial charge >= 0.3 is 0 Å². The number of carbonyl (C=O) groups excluding carboxylic acids is 3. The lowest BCUT2D eigenvalue weighted by molar-refractivity contribution is -0.139. The maximum atomic E-state index is 14.0. The number of nitrogens with one attached hydrogen (secondary N) is 3. The van der Waals surface area contributed by atoms with Gasteiger partial charge < -0.3 is 25.6 Å². The van der Waals surface area contributed by atoms with E-state index in [0.29, 0.717) is 18.5 Å². The summed E-state index contributed by atoms with van der Waals surface area (Å²) in [5.74, 6) is -1.74. The number of sulfonamides is 1. The van der Waals surface area contributed by atoms with Gasteiger partial charge in [0.25, 0.3) is 0 Å². The fraction of sp³-hybridized carbons (Fsp3) is 0.654. The van der Waals surface area contributed by atoms with E-state index >= 15 is 0 Å². The molecule has 1 aromatic carbocycles. The first kappa shape index (κ1) is 30.1. The van der Waals surface area contributed by atoms with Crippen molar-refractivity contribution >= 4 is 28.1 Å². The summed E-state index contributed by atoms with van der Waals surface area (Å²) in [6.45, 7) is 8.12. The highest BCUT2D eigenvalue weighted by molar-refractivity contribution is 7.88. The van der Waals surface area contributed by atoms with E-state index in [9.17, 15) is 27.2 Å². The lowest BCUT2D eigenvalue weighted by atomic mass is 9.84. The third-order valence-electron chi connectivity index (χ3n) is 7.62. The maximum absolute atomic E-state index is 14.0. The van der Waals surface area contributed by atoms with Crippen molar-refractivity contribution in [3.05, 3.63) is 35.6 Å². The van der Waals surface area contributed by atoms with Crippen LogP contribution in [0.1, 0.15) is 39.7 Å². The third kappa shape index (κ3) is 6.59. The zero-order chi connectivity index (χ0) is 28.5. The highest BCUT2D eigenvalue weighted by Gasteiger charge is 2.56. The van der Waals surface area contributed by atoms with Crippen LogP contribution in [-0.2, 0) is 31.0 Å². The van der Waals surface area contributed by atoms with Crippen LogP contribution in [0.5, 0.6) is 0 Å². The Labute approximate surface area is 224 Å². The SMILES string of the molecule is CNC(C)(C=O)CNC(C(=O)N1CCC2C1C(C(=O)NCc1ccc(F)cc1)CN2S(C)(=O)=O)C(C)(C)C. The lowest BCUT2D eigenvalue weighted by Crippen LogP contribution is -2.60.